The van der Waals surface area contributed by atoms with Crippen molar-refractivity contribution in [2.75, 3.05) is 10.7 Å². The molecule has 2 aromatic heterocycles. The maximum absolute atomic E-state index is 13.1. The lowest BCUT2D eigenvalue weighted by atomic mass is 9.97. The summed E-state index contributed by atoms with van der Waals surface area (Å²) in [5.41, 5.74) is 3.76. The highest BCUT2D eigenvalue weighted by Crippen LogP contribution is 2.40. The number of carbonyl (C=O) groups excluding carboxylic acids is 1. The number of nitrogens with zero attached hydrogens (tertiary/aromatic N) is 3. The molecule has 0 radical (unpaired) electrons. The summed E-state index contributed by atoms with van der Waals surface area (Å²) in [4.78, 5) is 27.1. The molecular formula is C22H23N3OS2. The Morgan fingerprint density at radius 3 is 2.96 bits per heavy atom. The number of aryl methyl sites for hydroxylation is 3. The Labute approximate surface area is 173 Å². The summed E-state index contributed by atoms with van der Waals surface area (Å²) in [7, 11) is 0. The van der Waals surface area contributed by atoms with Gasteiger partial charge in [0.2, 0.25) is 5.91 Å². The number of carbonyl (C=O) groups is 1. The third-order valence-electron chi connectivity index (χ3n) is 5.70. The second-order valence-electron chi connectivity index (χ2n) is 7.70. The Morgan fingerprint density at radius 2 is 2.07 bits per heavy atom. The first-order valence-corrected chi connectivity index (χ1v) is 11.7. The van der Waals surface area contributed by atoms with E-state index in [9.17, 15) is 4.79 Å². The minimum atomic E-state index is 0.163. The summed E-state index contributed by atoms with van der Waals surface area (Å²) in [5, 5.41) is 2.19. The number of amides is 1. The standard InChI is InChI=1S/C22H23N3OS2/c1-13-11-15-7-3-5-9-17(15)25(13)19(26)12-27-21-20-16-8-4-6-10-18(16)28-22(20)24-14(2)23-21/h3,5,7,9,13H,4,6,8,10-12H2,1-2H3. The van der Waals surface area contributed by atoms with Gasteiger partial charge in [-0.2, -0.15) is 0 Å². The van der Waals surface area contributed by atoms with Gasteiger partial charge in [0.05, 0.1) is 5.75 Å². The Morgan fingerprint density at radius 1 is 1.25 bits per heavy atom. The lowest BCUT2D eigenvalue weighted by Crippen LogP contribution is -2.37. The second kappa shape index (κ2) is 7.16. The first kappa shape index (κ1) is 18.1. The fraction of sp³-hybridized carbons (Fsp3) is 0.409. The number of hydrogen-bond acceptors (Lipinski definition) is 5. The van der Waals surface area contributed by atoms with Crippen LogP contribution < -0.4 is 4.90 Å². The maximum Gasteiger partial charge on any atom is 0.237 e. The summed E-state index contributed by atoms with van der Waals surface area (Å²) in [6.07, 6.45) is 5.69. The highest BCUT2D eigenvalue weighted by molar-refractivity contribution is 8.00. The molecule has 1 unspecified atom stereocenters. The van der Waals surface area contributed by atoms with Crippen molar-refractivity contribution in [2.45, 2.75) is 57.0 Å². The summed E-state index contributed by atoms with van der Waals surface area (Å²) in [5.74, 6) is 1.37. The quantitative estimate of drug-likeness (QED) is 0.454. The molecule has 0 N–H and O–H groups in total. The number of aromatic nitrogens is 2. The Bertz CT molecular complexity index is 1080. The van der Waals surface area contributed by atoms with Crippen LogP contribution in [0.5, 0.6) is 0 Å². The van der Waals surface area contributed by atoms with Gasteiger partial charge in [-0.25, -0.2) is 9.97 Å². The molecule has 0 saturated heterocycles. The van der Waals surface area contributed by atoms with Gasteiger partial charge in [0.15, 0.2) is 0 Å². The van der Waals surface area contributed by atoms with Gasteiger partial charge < -0.3 is 4.90 Å². The van der Waals surface area contributed by atoms with Gasteiger partial charge in [0.1, 0.15) is 15.7 Å². The molecule has 1 aromatic carbocycles. The number of fused-ring (bicyclic) bond motifs is 4. The molecule has 0 fully saturated rings. The molecule has 2 aliphatic rings. The van der Waals surface area contributed by atoms with Gasteiger partial charge in [-0.05, 0) is 63.1 Å². The van der Waals surface area contributed by atoms with Gasteiger partial charge in [0.25, 0.3) is 0 Å². The van der Waals surface area contributed by atoms with Gasteiger partial charge in [-0.15, -0.1) is 11.3 Å². The van der Waals surface area contributed by atoms with Crippen LogP contribution in [0.2, 0.25) is 0 Å². The maximum atomic E-state index is 13.1. The molecule has 0 spiro atoms. The van der Waals surface area contributed by atoms with Crippen molar-refractivity contribution in [2.24, 2.45) is 0 Å². The van der Waals surface area contributed by atoms with E-state index in [4.69, 9.17) is 4.98 Å². The van der Waals surface area contributed by atoms with E-state index in [1.54, 1.807) is 11.8 Å². The number of benzene rings is 1. The van der Waals surface area contributed by atoms with Crippen LogP contribution in [0.15, 0.2) is 29.3 Å². The van der Waals surface area contributed by atoms with Crippen LogP contribution >= 0.6 is 23.1 Å². The zero-order valence-corrected chi connectivity index (χ0v) is 17.8. The van der Waals surface area contributed by atoms with Crippen molar-refractivity contribution in [1.29, 1.82) is 0 Å². The van der Waals surface area contributed by atoms with E-state index in [-0.39, 0.29) is 11.9 Å². The molecule has 28 heavy (non-hydrogen) atoms. The number of thiophene rings is 1. The fourth-order valence-electron chi connectivity index (χ4n) is 4.48. The topological polar surface area (TPSA) is 46.1 Å². The van der Waals surface area contributed by atoms with Crippen molar-refractivity contribution in [1.82, 2.24) is 9.97 Å². The van der Waals surface area contributed by atoms with Crippen molar-refractivity contribution in [3.05, 3.63) is 46.1 Å². The summed E-state index contributed by atoms with van der Waals surface area (Å²) in [6, 6.07) is 8.46. The molecule has 4 nitrogen and oxygen atoms in total. The number of anilines is 1. The SMILES string of the molecule is Cc1nc(SCC(=O)N2c3ccccc3CC2C)c2c3c(sc2n1)CCCC3. The van der Waals surface area contributed by atoms with Gasteiger partial charge in [-0.3, -0.25) is 4.79 Å². The van der Waals surface area contributed by atoms with Crippen molar-refractivity contribution < 1.29 is 4.79 Å². The van der Waals surface area contributed by atoms with Crippen LogP contribution in [0.4, 0.5) is 5.69 Å². The molecule has 1 aliphatic carbocycles. The average molecular weight is 410 g/mol. The van der Waals surface area contributed by atoms with Crippen LogP contribution in [-0.2, 0) is 24.1 Å². The van der Waals surface area contributed by atoms with Crippen LogP contribution in [0, 0.1) is 6.92 Å². The first-order valence-electron chi connectivity index (χ1n) is 9.93. The molecular weight excluding hydrogens is 386 g/mol. The average Bonchev–Trinajstić information content (AvgIpc) is 3.22. The largest absolute Gasteiger partial charge is 0.308 e. The predicted molar refractivity (Wildman–Crippen MR) is 117 cm³/mol. The minimum Gasteiger partial charge on any atom is -0.308 e. The normalized spacial score (nSPS) is 18.4. The van der Waals surface area contributed by atoms with Gasteiger partial charge >= 0.3 is 0 Å². The molecule has 6 heteroatoms. The molecule has 0 bridgehead atoms. The summed E-state index contributed by atoms with van der Waals surface area (Å²) < 4.78 is 0. The molecule has 1 amide bonds. The van der Waals surface area contributed by atoms with Crippen molar-refractivity contribution >= 4 is 44.9 Å². The minimum absolute atomic E-state index is 0.163. The van der Waals surface area contributed by atoms with E-state index in [0.717, 1.165) is 40.6 Å². The van der Waals surface area contributed by atoms with E-state index in [2.05, 4.69) is 24.0 Å². The molecule has 5 rings (SSSR count). The third-order valence-corrected chi connectivity index (χ3v) is 7.85. The van der Waals surface area contributed by atoms with Crippen LogP contribution in [0.1, 0.15) is 41.6 Å². The third kappa shape index (κ3) is 3.03. The zero-order valence-electron chi connectivity index (χ0n) is 16.2. The van der Waals surface area contributed by atoms with Crippen molar-refractivity contribution in [3.8, 4) is 0 Å². The number of hydrogen-bond donors (Lipinski definition) is 0. The number of thioether (sulfide) groups is 1. The highest BCUT2D eigenvalue weighted by Gasteiger charge is 2.30. The number of rotatable bonds is 3. The Hall–Kier alpha value is -1.92. The van der Waals surface area contributed by atoms with E-state index in [1.165, 1.54) is 34.2 Å². The van der Waals surface area contributed by atoms with Gasteiger partial charge in [0, 0.05) is 22.0 Å². The van der Waals surface area contributed by atoms with E-state index >= 15 is 0 Å². The smallest absolute Gasteiger partial charge is 0.237 e. The van der Waals surface area contributed by atoms with Crippen LogP contribution in [-0.4, -0.2) is 27.7 Å². The molecule has 3 aromatic rings. The van der Waals surface area contributed by atoms with Crippen molar-refractivity contribution in [3.63, 3.8) is 0 Å². The lowest BCUT2D eigenvalue weighted by molar-refractivity contribution is -0.116. The highest BCUT2D eigenvalue weighted by atomic mass is 32.2. The monoisotopic (exact) mass is 409 g/mol. The van der Waals surface area contributed by atoms with Gasteiger partial charge in [-0.1, -0.05) is 30.0 Å². The lowest BCUT2D eigenvalue weighted by Gasteiger charge is -2.22. The fourth-order valence-corrected chi connectivity index (χ4v) is 6.81. The van der Waals surface area contributed by atoms with Crippen LogP contribution in [0.3, 0.4) is 0 Å². The molecule has 144 valence electrons. The molecule has 1 atom stereocenters. The van der Waals surface area contributed by atoms with E-state index < -0.39 is 0 Å². The summed E-state index contributed by atoms with van der Waals surface area (Å²) >= 11 is 3.40. The van der Waals surface area contributed by atoms with Crippen LogP contribution in [0.25, 0.3) is 10.2 Å². The number of para-hydroxylation sites is 1. The second-order valence-corrected chi connectivity index (χ2v) is 9.75. The molecule has 0 saturated carbocycles. The Balaban J connectivity index is 1.43. The van der Waals surface area contributed by atoms with E-state index in [1.807, 2.05) is 35.3 Å². The van der Waals surface area contributed by atoms with E-state index in [0.29, 0.717) is 5.75 Å². The Kier molecular flexibility index (Phi) is 4.63. The molecule has 1 aliphatic heterocycles. The predicted octanol–water partition coefficient (Wildman–Crippen LogP) is 4.95. The first-order chi connectivity index (χ1) is 13.6. The zero-order chi connectivity index (χ0) is 19.3. The summed E-state index contributed by atoms with van der Waals surface area (Å²) in [6.45, 7) is 4.08. The molecule has 3 heterocycles.